The molecule has 0 saturated heterocycles. The standard InChI is InChI=1S/C13H15N3O2S/c1-9-2-5-11(6-3-9)19(17,18)16-10-4-7-12(14)13(15)8-10/h2-8,16H,14-15H2,1H3. The summed E-state index contributed by atoms with van der Waals surface area (Å²) < 4.78 is 26.7. The van der Waals surface area contributed by atoms with Gasteiger partial charge in [0.25, 0.3) is 10.0 Å². The molecule has 6 heteroatoms. The molecule has 2 aromatic rings. The normalized spacial score (nSPS) is 11.2. The fourth-order valence-corrected chi connectivity index (χ4v) is 2.62. The Morgan fingerprint density at radius 2 is 1.58 bits per heavy atom. The molecule has 0 saturated carbocycles. The summed E-state index contributed by atoms with van der Waals surface area (Å²) >= 11 is 0. The summed E-state index contributed by atoms with van der Waals surface area (Å²) in [4.78, 5) is 0.202. The van der Waals surface area contributed by atoms with Gasteiger partial charge in [0.1, 0.15) is 0 Å². The maximum atomic E-state index is 12.1. The van der Waals surface area contributed by atoms with Gasteiger partial charge in [-0.1, -0.05) is 17.7 Å². The van der Waals surface area contributed by atoms with Crippen LogP contribution in [0.2, 0.25) is 0 Å². The Hall–Kier alpha value is -2.21. The van der Waals surface area contributed by atoms with E-state index in [0.717, 1.165) is 5.56 Å². The number of nitrogens with one attached hydrogen (secondary N) is 1. The number of rotatable bonds is 3. The van der Waals surface area contributed by atoms with Crippen LogP contribution in [0.5, 0.6) is 0 Å². The van der Waals surface area contributed by atoms with Crippen LogP contribution in [0.3, 0.4) is 0 Å². The molecule has 0 unspecified atom stereocenters. The zero-order valence-electron chi connectivity index (χ0n) is 10.4. The predicted molar refractivity (Wildman–Crippen MR) is 77.3 cm³/mol. The van der Waals surface area contributed by atoms with E-state index in [-0.39, 0.29) is 4.90 Å². The minimum Gasteiger partial charge on any atom is -0.397 e. The first kappa shape index (κ1) is 13.2. The molecule has 5 N–H and O–H groups in total. The highest BCUT2D eigenvalue weighted by Crippen LogP contribution is 2.22. The van der Waals surface area contributed by atoms with Crippen molar-refractivity contribution in [1.82, 2.24) is 0 Å². The zero-order chi connectivity index (χ0) is 14.0. The van der Waals surface area contributed by atoms with Crippen LogP contribution in [0.1, 0.15) is 5.56 Å². The molecular formula is C13H15N3O2S. The molecule has 0 aliphatic carbocycles. The molecule has 0 atom stereocenters. The Labute approximate surface area is 112 Å². The molecule has 0 aliphatic heterocycles. The molecular weight excluding hydrogens is 262 g/mol. The Bertz CT molecular complexity index is 694. The molecule has 2 rings (SSSR count). The Kier molecular flexibility index (Phi) is 3.35. The van der Waals surface area contributed by atoms with Crippen molar-refractivity contribution in [3.63, 3.8) is 0 Å². The second-order valence-electron chi connectivity index (χ2n) is 4.26. The van der Waals surface area contributed by atoms with E-state index in [9.17, 15) is 8.42 Å². The molecule has 0 bridgehead atoms. The quantitative estimate of drug-likeness (QED) is 0.747. The summed E-state index contributed by atoms with van der Waals surface area (Å²) in [5.74, 6) is 0. The second kappa shape index (κ2) is 4.81. The number of benzene rings is 2. The summed E-state index contributed by atoms with van der Waals surface area (Å²) in [6.07, 6.45) is 0. The molecule has 0 heterocycles. The molecule has 0 aliphatic rings. The Morgan fingerprint density at radius 1 is 0.947 bits per heavy atom. The summed E-state index contributed by atoms with van der Waals surface area (Å²) in [5, 5.41) is 0. The molecule has 0 radical (unpaired) electrons. The monoisotopic (exact) mass is 277 g/mol. The lowest BCUT2D eigenvalue weighted by molar-refractivity contribution is 0.601. The van der Waals surface area contributed by atoms with Gasteiger partial charge in [0.2, 0.25) is 0 Å². The minimum atomic E-state index is -3.61. The molecule has 0 amide bonds. The summed E-state index contributed by atoms with van der Waals surface area (Å²) in [7, 11) is -3.61. The second-order valence-corrected chi connectivity index (χ2v) is 5.94. The predicted octanol–water partition coefficient (Wildman–Crippen LogP) is 1.96. The van der Waals surface area contributed by atoms with E-state index < -0.39 is 10.0 Å². The van der Waals surface area contributed by atoms with Crippen LogP contribution in [-0.2, 0) is 10.0 Å². The Morgan fingerprint density at radius 3 is 2.16 bits per heavy atom. The van der Waals surface area contributed by atoms with E-state index in [1.165, 1.54) is 6.07 Å². The van der Waals surface area contributed by atoms with Gasteiger partial charge >= 0.3 is 0 Å². The largest absolute Gasteiger partial charge is 0.397 e. The van der Waals surface area contributed by atoms with Crippen molar-refractivity contribution in [1.29, 1.82) is 0 Å². The van der Waals surface area contributed by atoms with Gasteiger partial charge in [-0.05, 0) is 37.3 Å². The third kappa shape index (κ3) is 2.97. The van der Waals surface area contributed by atoms with Crippen molar-refractivity contribution in [3.05, 3.63) is 48.0 Å². The molecule has 2 aromatic carbocycles. The van der Waals surface area contributed by atoms with Gasteiger partial charge in [0, 0.05) is 0 Å². The van der Waals surface area contributed by atoms with Gasteiger partial charge in [-0.25, -0.2) is 8.42 Å². The van der Waals surface area contributed by atoms with E-state index in [0.29, 0.717) is 17.1 Å². The van der Waals surface area contributed by atoms with Gasteiger partial charge in [-0.15, -0.1) is 0 Å². The average molecular weight is 277 g/mol. The number of nitrogens with two attached hydrogens (primary N) is 2. The van der Waals surface area contributed by atoms with Crippen molar-refractivity contribution in [2.45, 2.75) is 11.8 Å². The van der Waals surface area contributed by atoms with Crippen molar-refractivity contribution >= 4 is 27.1 Å². The lowest BCUT2D eigenvalue weighted by atomic mass is 10.2. The molecule has 19 heavy (non-hydrogen) atoms. The fourth-order valence-electron chi connectivity index (χ4n) is 1.57. The number of nitrogen functional groups attached to an aromatic ring is 2. The van der Waals surface area contributed by atoms with E-state index in [2.05, 4.69) is 4.72 Å². The summed E-state index contributed by atoms with van der Waals surface area (Å²) in [6.45, 7) is 1.89. The van der Waals surface area contributed by atoms with Gasteiger partial charge < -0.3 is 11.5 Å². The maximum absolute atomic E-state index is 12.1. The molecule has 0 aromatic heterocycles. The van der Waals surface area contributed by atoms with Crippen LogP contribution in [0.4, 0.5) is 17.1 Å². The van der Waals surface area contributed by atoms with Gasteiger partial charge in [0.05, 0.1) is 22.0 Å². The summed E-state index contributed by atoms with van der Waals surface area (Å²) in [5.41, 5.74) is 13.3. The molecule has 5 nitrogen and oxygen atoms in total. The number of aryl methyl sites for hydroxylation is 1. The van der Waals surface area contributed by atoms with E-state index in [4.69, 9.17) is 11.5 Å². The van der Waals surface area contributed by atoms with Crippen LogP contribution < -0.4 is 16.2 Å². The van der Waals surface area contributed by atoms with E-state index >= 15 is 0 Å². The maximum Gasteiger partial charge on any atom is 0.261 e. The van der Waals surface area contributed by atoms with Crippen LogP contribution in [0.25, 0.3) is 0 Å². The van der Waals surface area contributed by atoms with Gasteiger partial charge in [0.15, 0.2) is 0 Å². The fraction of sp³-hybridized carbons (Fsp3) is 0.0769. The van der Waals surface area contributed by atoms with E-state index in [1.54, 1.807) is 36.4 Å². The minimum absolute atomic E-state index is 0.202. The lowest BCUT2D eigenvalue weighted by Crippen LogP contribution is -2.13. The first-order valence-corrected chi connectivity index (χ1v) is 7.11. The van der Waals surface area contributed by atoms with Crippen LogP contribution in [0.15, 0.2) is 47.4 Å². The molecule has 100 valence electrons. The van der Waals surface area contributed by atoms with Crippen LogP contribution in [0, 0.1) is 6.92 Å². The highest BCUT2D eigenvalue weighted by molar-refractivity contribution is 7.92. The molecule has 0 fully saturated rings. The number of hydrogen-bond acceptors (Lipinski definition) is 4. The van der Waals surface area contributed by atoms with Gasteiger partial charge in [-0.2, -0.15) is 0 Å². The number of hydrogen-bond donors (Lipinski definition) is 3. The smallest absolute Gasteiger partial charge is 0.261 e. The van der Waals surface area contributed by atoms with Crippen molar-refractivity contribution < 1.29 is 8.42 Å². The third-order valence-electron chi connectivity index (χ3n) is 2.67. The average Bonchev–Trinajstić information content (AvgIpc) is 2.34. The highest BCUT2D eigenvalue weighted by atomic mass is 32.2. The number of anilines is 3. The highest BCUT2D eigenvalue weighted by Gasteiger charge is 2.14. The Balaban J connectivity index is 2.30. The van der Waals surface area contributed by atoms with E-state index in [1.807, 2.05) is 6.92 Å². The van der Waals surface area contributed by atoms with Crippen molar-refractivity contribution in [2.75, 3.05) is 16.2 Å². The first-order valence-electron chi connectivity index (χ1n) is 5.63. The topological polar surface area (TPSA) is 98.2 Å². The first-order chi connectivity index (χ1) is 8.88. The zero-order valence-corrected chi connectivity index (χ0v) is 11.2. The lowest BCUT2D eigenvalue weighted by Gasteiger charge is -2.09. The van der Waals surface area contributed by atoms with Crippen LogP contribution >= 0.6 is 0 Å². The van der Waals surface area contributed by atoms with Crippen molar-refractivity contribution in [2.24, 2.45) is 0 Å². The number of sulfonamides is 1. The summed E-state index contributed by atoms with van der Waals surface area (Å²) in [6, 6.07) is 11.2. The van der Waals surface area contributed by atoms with Gasteiger partial charge in [-0.3, -0.25) is 4.72 Å². The molecule has 0 spiro atoms. The van der Waals surface area contributed by atoms with Crippen molar-refractivity contribution in [3.8, 4) is 0 Å². The SMILES string of the molecule is Cc1ccc(S(=O)(=O)Nc2ccc(N)c(N)c2)cc1. The van der Waals surface area contributed by atoms with Crippen LogP contribution in [-0.4, -0.2) is 8.42 Å². The third-order valence-corrected chi connectivity index (χ3v) is 4.07.